The van der Waals surface area contributed by atoms with Crippen molar-refractivity contribution in [2.24, 2.45) is 5.16 Å². The maximum atomic E-state index is 10.4. The lowest BCUT2D eigenvalue weighted by atomic mass is 10.3. The van der Waals surface area contributed by atoms with Crippen LogP contribution in [-0.4, -0.2) is 18.1 Å². The van der Waals surface area contributed by atoms with Gasteiger partial charge in [0, 0.05) is 6.42 Å². The Morgan fingerprint density at radius 3 is 2.40 bits per heavy atom. The highest BCUT2D eigenvalue weighted by atomic mass is 16.6. The third-order valence-electron chi connectivity index (χ3n) is 0.793. The molecule has 0 rings (SSSR count). The van der Waals surface area contributed by atoms with Gasteiger partial charge in [-0.1, -0.05) is 5.16 Å². The molecule has 0 aromatic heterocycles. The van der Waals surface area contributed by atoms with Crippen molar-refractivity contribution in [3.8, 4) is 0 Å². The summed E-state index contributed by atoms with van der Waals surface area (Å²) >= 11 is 0. The van der Waals surface area contributed by atoms with Crippen molar-refractivity contribution in [1.82, 2.24) is 0 Å². The highest BCUT2D eigenvalue weighted by Gasteiger charge is 1.91. The van der Waals surface area contributed by atoms with Gasteiger partial charge in [-0.25, -0.2) is 0 Å². The van der Waals surface area contributed by atoms with Crippen LogP contribution in [-0.2, 0) is 9.63 Å². The van der Waals surface area contributed by atoms with E-state index in [1.54, 1.807) is 0 Å². The van der Waals surface area contributed by atoms with Crippen LogP contribution in [0.4, 0.5) is 0 Å². The van der Waals surface area contributed by atoms with Gasteiger partial charge in [-0.2, -0.15) is 0 Å². The van der Waals surface area contributed by atoms with E-state index in [-0.39, 0.29) is 5.78 Å². The summed E-state index contributed by atoms with van der Waals surface area (Å²) in [6.45, 7) is 5.61. The minimum Gasteiger partial charge on any atom is -0.395 e. The topological polar surface area (TPSA) is 38.7 Å². The van der Waals surface area contributed by atoms with Crippen LogP contribution in [0.3, 0.4) is 0 Å². The summed E-state index contributed by atoms with van der Waals surface area (Å²) < 4.78 is 0. The van der Waals surface area contributed by atoms with E-state index in [2.05, 4.69) is 5.16 Å². The van der Waals surface area contributed by atoms with Crippen molar-refractivity contribution in [3.63, 3.8) is 0 Å². The van der Waals surface area contributed by atoms with Gasteiger partial charge in [-0.3, -0.25) is 4.79 Å². The Morgan fingerprint density at radius 1 is 1.40 bits per heavy atom. The number of hydrogen-bond donors (Lipinski definition) is 0. The molecule has 10 heavy (non-hydrogen) atoms. The fraction of sp³-hybridized carbons (Fsp3) is 0.714. The largest absolute Gasteiger partial charge is 0.395 e. The average Bonchev–Trinajstić information content (AvgIpc) is 1.79. The second-order valence-corrected chi connectivity index (χ2v) is 2.32. The molecule has 0 heterocycles. The monoisotopic (exact) mass is 143 g/mol. The quantitative estimate of drug-likeness (QED) is 0.339. The number of carbonyl (C=O) groups excluding carboxylic acids is 1. The van der Waals surface area contributed by atoms with E-state index in [4.69, 9.17) is 4.84 Å². The Bertz CT molecular complexity index is 137. The zero-order chi connectivity index (χ0) is 7.98. The molecule has 0 amide bonds. The molecule has 0 aliphatic rings. The van der Waals surface area contributed by atoms with Gasteiger partial charge in [-0.05, 0) is 20.8 Å². The van der Waals surface area contributed by atoms with Crippen molar-refractivity contribution < 1.29 is 9.63 Å². The molecular weight excluding hydrogens is 130 g/mol. The molecule has 0 N–H and O–H groups in total. The van der Waals surface area contributed by atoms with Crippen LogP contribution in [0.2, 0.25) is 0 Å². The molecule has 3 nitrogen and oxygen atoms in total. The molecule has 0 bridgehead atoms. The zero-order valence-corrected chi connectivity index (χ0v) is 6.68. The van der Waals surface area contributed by atoms with E-state index < -0.39 is 0 Å². The molecule has 0 aromatic carbocycles. The number of carbonyl (C=O) groups is 1. The fourth-order valence-electron chi connectivity index (χ4n) is 0.364. The van der Waals surface area contributed by atoms with Crippen molar-refractivity contribution in [2.45, 2.75) is 27.2 Å². The molecule has 0 spiro atoms. The van der Waals surface area contributed by atoms with Crippen LogP contribution >= 0.6 is 0 Å². The molecule has 3 heteroatoms. The summed E-state index contributed by atoms with van der Waals surface area (Å²) in [6, 6.07) is 0. The van der Waals surface area contributed by atoms with Gasteiger partial charge in [0.2, 0.25) is 0 Å². The van der Waals surface area contributed by atoms with Crippen LogP contribution in [0.15, 0.2) is 5.16 Å². The van der Waals surface area contributed by atoms with E-state index in [0.29, 0.717) is 13.0 Å². The number of Topliss-reactive ketones (excluding diaryl/α,β-unsaturated/α-hetero) is 1. The summed E-state index contributed by atoms with van der Waals surface area (Å²) in [5, 5.41) is 3.66. The van der Waals surface area contributed by atoms with E-state index in [1.165, 1.54) is 6.92 Å². The maximum absolute atomic E-state index is 10.4. The van der Waals surface area contributed by atoms with Gasteiger partial charge in [0.1, 0.15) is 12.4 Å². The second-order valence-electron chi connectivity index (χ2n) is 2.32. The van der Waals surface area contributed by atoms with Crippen molar-refractivity contribution >= 4 is 11.5 Å². The first-order chi connectivity index (χ1) is 4.63. The van der Waals surface area contributed by atoms with Gasteiger partial charge >= 0.3 is 0 Å². The second kappa shape index (κ2) is 4.97. The molecule has 0 aliphatic heterocycles. The third kappa shape index (κ3) is 7.14. The SMILES string of the molecule is CC(=O)CCON=C(C)C. The van der Waals surface area contributed by atoms with Crippen LogP contribution in [0, 0.1) is 0 Å². The summed E-state index contributed by atoms with van der Waals surface area (Å²) in [7, 11) is 0. The van der Waals surface area contributed by atoms with Crippen molar-refractivity contribution in [2.75, 3.05) is 6.61 Å². The number of nitrogens with zero attached hydrogens (tertiary/aromatic N) is 1. The van der Waals surface area contributed by atoms with Gasteiger partial charge in [0.25, 0.3) is 0 Å². The zero-order valence-electron chi connectivity index (χ0n) is 6.68. The highest BCUT2D eigenvalue weighted by molar-refractivity contribution is 5.78. The molecule has 0 aromatic rings. The molecule has 0 saturated carbocycles. The van der Waals surface area contributed by atoms with Crippen LogP contribution in [0.5, 0.6) is 0 Å². The third-order valence-corrected chi connectivity index (χ3v) is 0.793. The predicted octanol–water partition coefficient (Wildman–Crippen LogP) is 1.38. The summed E-state index contributed by atoms with van der Waals surface area (Å²) in [6.07, 6.45) is 0.441. The molecule has 0 aliphatic carbocycles. The lowest BCUT2D eigenvalue weighted by Gasteiger charge is -1.95. The number of ketones is 1. The molecule has 0 atom stereocenters. The number of oxime groups is 1. The lowest BCUT2D eigenvalue weighted by Crippen LogP contribution is -1.97. The molecule has 0 fully saturated rings. The predicted molar refractivity (Wildman–Crippen MR) is 40.0 cm³/mol. The van der Waals surface area contributed by atoms with Gasteiger partial charge in [0.15, 0.2) is 0 Å². The van der Waals surface area contributed by atoms with Crippen molar-refractivity contribution in [3.05, 3.63) is 0 Å². The van der Waals surface area contributed by atoms with E-state index >= 15 is 0 Å². The smallest absolute Gasteiger partial charge is 0.133 e. The average molecular weight is 143 g/mol. The van der Waals surface area contributed by atoms with Gasteiger partial charge < -0.3 is 4.84 Å². The molecule has 0 radical (unpaired) electrons. The Balaban J connectivity index is 3.21. The normalized spacial score (nSPS) is 8.70. The summed E-state index contributed by atoms with van der Waals surface area (Å²) in [5.41, 5.74) is 0.864. The van der Waals surface area contributed by atoms with Crippen LogP contribution < -0.4 is 0 Å². The van der Waals surface area contributed by atoms with E-state index in [0.717, 1.165) is 5.71 Å². The first kappa shape index (κ1) is 9.14. The lowest BCUT2D eigenvalue weighted by molar-refractivity contribution is -0.118. The fourth-order valence-corrected chi connectivity index (χ4v) is 0.364. The Kier molecular flexibility index (Phi) is 4.54. The highest BCUT2D eigenvalue weighted by Crippen LogP contribution is 1.85. The van der Waals surface area contributed by atoms with Crippen LogP contribution in [0.25, 0.3) is 0 Å². The molecule has 58 valence electrons. The number of hydrogen-bond acceptors (Lipinski definition) is 3. The minimum absolute atomic E-state index is 0.129. The minimum atomic E-state index is 0.129. The van der Waals surface area contributed by atoms with E-state index in [1.807, 2.05) is 13.8 Å². The first-order valence-corrected chi connectivity index (χ1v) is 3.25. The standard InChI is InChI=1S/C7H13NO2/c1-6(2)8-10-5-4-7(3)9/h4-5H2,1-3H3. The van der Waals surface area contributed by atoms with E-state index in [9.17, 15) is 4.79 Å². The molecule has 0 saturated heterocycles. The summed E-state index contributed by atoms with van der Waals surface area (Å²) in [5.74, 6) is 0.129. The summed E-state index contributed by atoms with van der Waals surface area (Å²) in [4.78, 5) is 15.1. The van der Waals surface area contributed by atoms with Gasteiger partial charge in [-0.15, -0.1) is 0 Å². The Morgan fingerprint density at radius 2 is 2.00 bits per heavy atom. The number of rotatable bonds is 4. The van der Waals surface area contributed by atoms with Gasteiger partial charge in [0.05, 0.1) is 5.71 Å². The molecular formula is C7H13NO2. The first-order valence-electron chi connectivity index (χ1n) is 3.25. The Hall–Kier alpha value is -0.860. The maximum Gasteiger partial charge on any atom is 0.133 e. The Labute approximate surface area is 61.1 Å². The van der Waals surface area contributed by atoms with Crippen LogP contribution in [0.1, 0.15) is 27.2 Å². The van der Waals surface area contributed by atoms with Crippen molar-refractivity contribution in [1.29, 1.82) is 0 Å². The molecule has 0 unspecified atom stereocenters.